The van der Waals surface area contributed by atoms with Crippen LogP contribution in [0.3, 0.4) is 0 Å². The van der Waals surface area contributed by atoms with Crippen LogP contribution in [0.1, 0.15) is 46.7 Å². The lowest BCUT2D eigenvalue weighted by Crippen LogP contribution is -2.48. The van der Waals surface area contributed by atoms with Crippen molar-refractivity contribution in [2.45, 2.75) is 25.8 Å². The van der Waals surface area contributed by atoms with Gasteiger partial charge in [-0.2, -0.15) is 5.10 Å². The minimum atomic E-state index is -0.278. The van der Waals surface area contributed by atoms with E-state index >= 15 is 0 Å². The van der Waals surface area contributed by atoms with Crippen molar-refractivity contribution in [3.63, 3.8) is 0 Å². The number of rotatable bonds is 3. The van der Waals surface area contributed by atoms with Crippen LogP contribution < -0.4 is 5.32 Å². The summed E-state index contributed by atoms with van der Waals surface area (Å²) in [5, 5.41) is 8.96. The van der Waals surface area contributed by atoms with Gasteiger partial charge < -0.3 is 10.2 Å². The van der Waals surface area contributed by atoms with Gasteiger partial charge in [0.05, 0.1) is 16.6 Å². The molecule has 1 aromatic carbocycles. The highest BCUT2D eigenvalue weighted by molar-refractivity contribution is 7.20. The van der Waals surface area contributed by atoms with E-state index in [2.05, 4.69) is 24.3 Å². The summed E-state index contributed by atoms with van der Waals surface area (Å²) < 4.78 is 15.6. The highest BCUT2D eigenvalue weighted by atomic mass is 32.1. The number of benzene rings is 1. The number of aromatic nitrogens is 2. The van der Waals surface area contributed by atoms with Crippen LogP contribution in [0.15, 0.2) is 30.3 Å². The highest BCUT2D eigenvalue weighted by Crippen LogP contribution is 2.34. The molecule has 1 atom stereocenters. The zero-order valence-corrected chi connectivity index (χ0v) is 16.5. The van der Waals surface area contributed by atoms with Crippen molar-refractivity contribution >= 4 is 27.5 Å². The Kier molecular flexibility index (Phi) is 4.74. The number of nitrogens with one attached hydrogen (secondary N) is 1. The third kappa shape index (κ3) is 3.26. The Balaban J connectivity index is 1.70. The average molecular weight is 386 g/mol. The first-order valence-corrected chi connectivity index (χ1v) is 10.0. The Bertz CT molecular complexity index is 993. The normalized spacial score (nSPS) is 17.8. The third-order valence-electron chi connectivity index (χ3n) is 5.04. The monoisotopic (exact) mass is 386 g/mol. The van der Waals surface area contributed by atoms with Crippen molar-refractivity contribution in [3.8, 4) is 0 Å². The number of hydrogen-bond acceptors (Lipinski definition) is 4. The van der Waals surface area contributed by atoms with Crippen molar-refractivity contribution < 1.29 is 9.18 Å². The number of nitrogens with zero attached hydrogens (tertiary/aromatic N) is 3. The van der Waals surface area contributed by atoms with Gasteiger partial charge in [-0.1, -0.05) is 26.0 Å². The summed E-state index contributed by atoms with van der Waals surface area (Å²) in [6.07, 6.45) is 0. The zero-order chi connectivity index (χ0) is 19.1. The summed E-state index contributed by atoms with van der Waals surface area (Å²) in [5.74, 6) is 0.0205. The number of piperazine rings is 1. The van der Waals surface area contributed by atoms with Gasteiger partial charge in [0.15, 0.2) is 0 Å². The van der Waals surface area contributed by atoms with Crippen LogP contribution in [-0.4, -0.2) is 40.2 Å². The van der Waals surface area contributed by atoms with Gasteiger partial charge in [0.1, 0.15) is 10.6 Å². The minimum absolute atomic E-state index is 0.00154. The molecule has 27 heavy (non-hydrogen) atoms. The van der Waals surface area contributed by atoms with Crippen LogP contribution in [0.2, 0.25) is 0 Å². The van der Waals surface area contributed by atoms with E-state index in [1.54, 1.807) is 6.07 Å². The molecule has 0 saturated carbocycles. The lowest BCUT2D eigenvalue weighted by Gasteiger charge is -2.36. The number of hydrogen-bond donors (Lipinski definition) is 1. The predicted octanol–water partition coefficient (Wildman–Crippen LogP) is 3.68. The molecule has 3 heterocycles. The van der Waals surface area contributed by atoms with Crippen LogP contribution in [0.4, 0.5) is 4.39 Å². The fraction of sp³-hybridized carbons (Fsp3) is 0.400. The number of thiophene rings is 1. The molecule has 1 saturated heterocycles. The van der Waals surface area contributed by atoms with Gasteiger partial charge in [-0.25, -0.2) is 4.39 Å². The standard InChI is InChI=1S/C20H23FN4OS/c1-12(2)18-15-10-17(27-20(15)24(3)23-18)19(26)25-8-7-22-11-16(25)13-5-4-6-14(21)9-13/h4-6,9-10,12,16,22H,7-8,11H2,1-3H3. The molecule has 4 rings (SSSR count). The molecule has 0 spiro atoms. The molecule has 7 heteroatoms. The first kappa shape index (κ1) is 18.1. The summed E-state index contributed by atoms with van der Waals surface area (Å²) in [7, 11) is 1.92. The third-order valence-corrected chi connectivity index (χ3v) is 6.23. The summed E-state index contributed by atoms with van der Waals surface area (Å²) in [6, 6.07) is 8.32. The first-order valence-electron chi connectivity index (χ1n) is 9.19. The molecule has 0 aliphatic carbocycles. The van der Waals surface area contributed by atoms with Crippen molar-refractivity contribution in [2.24, 2.45) is 7.05 Å². The number of aryl methyl sites for hydroxylation is 1. The maximum absolute atomic E-state index is 13.7. The van der Waals surface area contributed by atoms with Gasteiger partial charge in [-0.05, 0) is 29.7 Å². The molecule has 0 bridgehead atoms. The van der Waals surface area contributed by atoms with Crippen molar-refractivity contribution in [1.82, 2.24) is 20.0 Å². The predicted molar refractivity (Wildman–Crippen MR) is 106 cm³/mol. The molecule has 1 N–H and O–H groups in total. The van der Waals surface area contributed by atoms with E-state index in [4.69, 9.17) is 0 Å². The maximum atomic E-state index is 13.7. The molecule has 2 aromatic heterocycles. The van der Waals surface area contributed by atoms with Gasteiger partial charge in [-0.3, -0.25) is 9.48 Å². The van der Waals surface area contributed by atoms with Gasteiger partial charge in [-0.15, -0.1) is 11.3 Å². The van der Waals surface area contributed by atoms with E-state index in [9.17, 15) is 9.18 Å². The second kappa shape index (κ2) is 7.05. The van der Waals surface area contributed by atoms with E-state index in [0.717, 1.165) is 28.0 Å². The fourth-order valence-electron chi connectivity index (χ4n) is 3.70. The molecule has 1 unspecified atom stereocenters. The Morgan fingerprint density at radius 3 is 2.93 bits per heavy atom. The van der Waals surface area contributed by atoms with E-state index in [1.807, 2.05) is 28.8 Å². The summed E-state index contributed by atoms with van der Waals surface area (Å²) >= 11 is 1.48. The number of fused-ring (bicyclic) bond motifs is 1. The molecule has 5 nitrogen and oxygen atoms in total. The summed E-state index contributed by atoms with van der Waals surface area (Å²) in [4.78, 5) is 16.9. The van der Waals surface area contributed by atoms with Crippen molar-refractivity contribution in [2.75, 3.05) is 19.6 Å². The highest BCUT2D eigenvalue weighted by Gasteiger charge is 2.30. The van der Waals surface area contributed by atoms with E-state index in [0.29, 0.717) is 23.9 Å². The number of carbonyl (C=O) groups is 1. The van der Waals surface area contributed by atoms with Gasteiger partial charge in [0, 0.05) is 32.1 Å². The lowest BCUT2D eigenvalue weighted by molar-refractivity contribution is 0.0639. The number of carbonyl (C=O) groups excluding carboxylic acids is 1. The molecule has 0 radical (unpaired) electrons. The van der Waals surface area contributed by atoms with Crippen LogP contribution >= 0.6 is 11.3 Å². The molecular weight excluding hydrogens is 363 g/mol. The van der Waals surface area contributed by atoms with Crippen LogP contribution in [0.5, 0.6) is 0 Å². The fourth-order valence-corrected chi connectivity index (χ4v) is 4.73. The van der Waals surface area contributed by atoms with E-state index < -0.39 is 0 Å². The number of amides is 1. The number of halogens is 1. The zero-order valence-electron chi connectivity index (χ0n) is 15.7. The quantitative estimate of drug-likeness (QED) is 0.747. The molecule has 142 valence electrons. The first-order chi connectivity index (χ1) is 13.0. The molecular formula is C20H23FN4OS. The largest absolute Gasteiger partial charge is 0.328 e. The average Bonchev–Trinajstić information content (AvgIpc) is 3.22. The lowest BCUT2D eigenvalue weighted by atomic mass is 10.0. The molecule has 1 aliphatic rings. The van der Waals surface area contributed by atoms with Gasteiger partial charge >= 0.3 is 0 Å². The molecule has 1 amide bonds. The van der Waals surface area contributed by atoms with Gasteiger partial charge in [0.25, 0.3) is 5.91 Å². The Morgan fingerprint density at radius 1 is 1.37 bits per heavy atom. The Hall–Kier alpha value is -2.25. The Labute approximate surface area is 161 Å². The summed E-state index contributed by atoms with van der Waals surface area (Å²) in [5.41, 5.74) is 1.84. The van der Waals surface area contributed by atoms with Crippen molar-refractivity contribution in [3.05, 3.63) is 52.3 Å². The Morgan fingerprint density at radius 2 is 2.19 bits per heavy atom. The molecule has 1 fully saturated rings. The SMILES string of the molecule is CC(C)c1nn(C)c2sc(C(=O)N3CCNCC3c3cccc(F)c3)cc12. The van der Waals surface area contributed by atoms with Gasteiger partial charge in [0.2, 0.25) is 0 Å². The molecule has 1 aliphatic heterocycles. The van der Waals surface area contributed by atoms with E-state index in [1.165, 1.54) is 23.5 Å². The smallest absolute Gasteiger partial charge is 0.264 e. The maximum Gasteiger partial charge on any atom is 0.264 e. The van der Waals surface area contributed by atoms with Crippen molar-refractivity contribution in [1.29, 1.82) is 0 Å². The topological polar surface area (TPSA) is 50.2 Å². The van der Waals surface area contributed by atoms with Crippen LogP contribution in [0.25, 0.3) is 10.2 Å². The minimum Gasteiger partial charge on any atom is -0.328 e. The summed E-state index contributed by atoms with van der Waals surface area (Å²) in [6.45, 7) is 6.18. The van der Waals surface area contributed by atoms with E-state index in [-0.39, 0.29) is 17.8 Å². The molecule has 3 aromatic rings. The van der Waals surface area contributed by atoms with Crippen LogP contribution in [-0.2, 0) is 7.05 Å². The van der Waals surface area contributed by atoms with Crippen LogP contribution in [0, 0.1) is 5.82 Å². The second-order valence-corrected chi connectivity index (χ2v) is 8.30. The second-order valence-electron chi connectivity index (χ2n) is 7.27.